The van der Waals surface area contributed by atoms with Crippen LogP contribution in [0.1, 0.15) is 71.8 Å². The third-order valence-corrected chi connectivity index (χ3v) is 12.7. The van der Waals surface area contributed by atoms with Crippen LogP contribution in [0.5, 0.6) is 0 Å². The predicted octanol–water partition coefficient (Wildman–Crippen LogP) is 4.41. The first-order chi connectivity index (χ1) is 19.5. The molecule has 0 bridgehead atoms. The van der Waals surface area contributed by atoms with Gasteiger partial charge < -0.3 is 19.7 Å². The van der Waals surface area contributed by atoms with E-state index < -0.39 is 28.9 Å². The van der Waals surface area contributed by atoms with E-state index in [-0.39, 0.29) is 47.8 Å². The van der Waals surface area contributed by atoms with E-state index in [2.05, 4.69) is 18.8 Å². The molecule has 0 amide bonds. The second-order valence-corrected chi connectivity index (χ2v) is 14.1. The van der Waals surface area contributed by atoms with Crippen LogP contribution >= 0.6 is 0 Å². The monoisotopic (exact) mass is 565 g/mol. The SMILES string of the molecule is CC1=C(CO)C(=O)O[C@@H]([C@@H](C)[C@H]2CC[C@H]3[C@@H]4C[C@H]5O[C@]56[C@@H](O)C=C(c5cncc(F)c5)C(=O)[C@]6(C)[C@H]4CC[C@]23C)C1. The summed E-state index contributed by atoms with van der Waals surface area (Å²) in [5.41, 5.74) is 0.239. The summed E-state index contributed by atoms with van der Waals surface area (Å²) >= 11 is 0. The number of nitrogens with zero attached hydrogens (tertiary/aromatic N) is 1. The number of epoxide rings is 1. The Morgan fingerprint density at radius 1 is 1.17 bits per heavy atom. The number of fused-ring (bicyclic) bond motifs is 4. The van der Waals surface area contributed by atoms with E-state index in [1.165, 1.54) is 12.3 Å². The number of aliphatic hydroxyl groups is 2. The lowest BCUT2D eigenvalue weighted by atomic mass is 9.43. The summed E-state index contributed by atoms with van der Waals surface area (Å²) in [6.45, 7) is 8.22. The van der Waals surface area contributed by atoms with Gasteiger partial charge in [0.15, 0.2) is 5.78 Å². The minimum atomic E-state index is -0.944. The summed E-state index contributed by atoms with van der Waals surface area (Å²) in [5.74, 6) is 0.270. The van der Waals surface area contributed by atoms with Crippen molar-refractivity contribution in [2.75, 3.05) is 6.61 Å². The largest absolute Gasteiger partial charge is 0.458 e. The van der Waals surface area contributed by atoms with Crippen LogP contribution in [0.4, 0.5) is 4.39 Å². The Morgan fingerprint density at radius 3 is 2.66 bits per heavy atom. The van der Waals surface area contributed by atoms with Crippen LogP contribution in [0.15, 0.2) is 35.7 Å². The first-order valence-electron chi connectivity index (χ1n) is 15.2. The number of carbonyl (C=O) groups excluding carboxylic acids is 2. The molecule has 0 radical (unpaired) electrons. The maximum Gasteiger partial charge on any atom is 0.336 e. The van der Waals surface area contributed by atoms with Crippen molar-refractivity contribution >= 4 is 17.3 Å². The van der Waals surface area contributed by atoms with Gasteiger partial charge in [0.05, 0.1) is 29.9 Å². The Balaban J connectivity index is 1.19. The zero-order valence-corrected chi connectivity index (χ0v) is 24.2. The number of ketones is 1. The van der Waals surface area contributed by atoms with Gasteiger partial charge in [-0.2, -0.15) is 0 Å². The third kappa shape index (κ3) is 3.50. The summed E-state index contributed by atoms with van der Waals surface area (Å²) in [4.78, 5) is 31.0. The van der Waals surface area contributed by atoms with E-state index in [4.69, 9.17) is 9.47 Å². The van der Waals surface area contributed by atoms with Gasteiger partial charge in [-0.25, -0.2) is 9.18 Å². The molecule has 4 aliphatic carbocycles. The van der Waals surface area contributed by atoms with Crippen LogP contribution in [0.2, 0.25) is 0 Å². The molecule has 0 aromatic carbocycles. The molecule has 6 aliphatic rings. The van der Waals surface area contributed by atoms with E-state index in [1.54, 1.807) is 6.08 Å². The van der Waals surface area contributed by atoms with Crippen molar-refractivity contribution in [3.05, 3.63) is 47.1 Å². The van der Waals surface area contributed by atoms with Crippen LogP contribution in [0.25, 0.3) is 5.57 Å². The average Bonchev–Trinajstić information content (AvgIpc) is 3.57. The summed E-state index contributed by atoms with van der Waals surface area (Å²) in [5, 5.41) is 21.0. The number of ether oxygens (including phenoxy) is 2. The highest BCUT2D eigenvalue weighted by Crippen LogP contribution is 2.73. The molecule has 0 unspecified atom stereocenters. The minimum Gasteiger partial charge on any atom is -0.458 e. The molecular weight excluding hydrogens is 525 g/mol. The van der Waals surface area contributed by atoms with Gasteiger partial charge >= 0.3 is 5.97 Å². The van der Waals surface area contributed by atoms with Gasteiger partial charge in [-0.05, 0) is 93.1 Å². The van der Waals surface area contributed by atoms with Crippen molar-refractivity contribution in [3.8, 4) is 0 Å². The molecule has 7 nitrogen and oxygen atoms in total. The summed E-state index contributed by atoms with van der Waals surface area (Å²) in [6.07, 6.45) is 8.21. The topological polar surface area (TPSA) is 109 Å². The fraction of sp³-hybridized carbons (Fsp3) is 0.667. The molecule has 2 N–H and O–H groups in total. The van der Waals surface area contributed by atoms with E-state index in [9.17, 15) is 24.2 Å². The number of allylic oxidation sites excluding steroid dienone is 1. The molecule has 4 fully saturated rings. The number of esters is 1. The molecule has 7 rings (SSSR count). The van der Waals surface area contributed by atoms with Gasteiger partial charge in [-0.3, -0.25) is 9.78 Å². The molecule has 41 heavy (non-hydrogen) atoms. The van der Waals surface area contributed by atoms with E-state index in [0.717, 1.165) is 43.9 Å². The standard InChI is InChI=1S/C33H40FNO6/c1-16-9-26(40-30(39)22(16)15-36)17(2)23-5-6-24-21-12-28-33(41-28)27(37)11-20(18-10-19(34)14-35-13-18)29(38)32(33,4)25(21)7-8-31(23,24)3/h10-11,13-14,17,21,23-28,36-37H,5-9,12,15H2,1-4H3/t17-,21-,23+,24-,25-,26+,27-,28+,31+,32-,33+/m0/s1. The Bertz CT molecular complexity index is 1390. The quantitative estimate of drug-likeness (QED) is 0.411. The number of cyclic esters (lactones) is 1. The molecule has 3 saturated carbocycles. The normalized spacial score (nSPS) is 45.6. The van der Waals surface area contributed by atoms with Gasteiger partial charge in [0, 0.05) is 23.8 Å². The summed E-state index contributed by atoms with van der Waals surface area (Å²) in [7, 11) is 0. The molecule has 1 spiro atoms. The molecule has 11 atom stereocenters. The second-order valence-electron chi connectivity index (χ2n) is 14.1. The average molecular weight is 566 g/mol. The maximum absolute atomic E-state index is 14.4. The molecule has 1 saturated heterocycles. The van der Waals surface area contributed by atoms with Crippen LogP contribution in [-0.2, 0) is 19.1 Å². The molecule has 2 aliphatic heterocycles. The van der Waals surface area contributed by atoms with E-state index in [0.29, 0.717) is 35.0 Å². The molecule has 1 aromatic rings. The zero-order chi connectivity index (χ0) is 29.1. The lowest BCUT2D eigenvalue weighted by molar-refractivity contribution is -0.155. The fourth-order valence-corrected chi connectivity index (χ4v) is 10.6. The Labute approximate surface area is 240 Å². The number of Topliss-reactive ketones (excluding diaryl/α,β-unsaturated/α-hetero) is 1. The van der Waals surface area contributed by atoms with Gasteiger partial charge in [0.2, 0.25) is 0 Å². The van der Waals surface area contributed by atoms with Crippen molar-refractivity contribution < 1.29 is 33.7 Å². The Kier molecular flexibility index (Phi) is 6.05. The van der Waals surface area contributed by atoms with Gasteiger partial charge in [-0.1, -0.05) is 19.4 Å². The number of rotatable bonds is 4. The first kappa shape index (κ1) is 27.4. The summed E-state index contributed by atoms with van der Waals surface area (Å²) < 4.78 is 26.3. The Hall–Kier alpha value is -2.42. The smallest absolute Gasteiger partial charge is 0.336 e. The molecular formula is C33H40FNO6. The highest BCUT2D eigenvalue weighted by molar-refractivity contribution is 6.25. The van der Waals surface area contributed by atoms with Crippen LogP contribution < -0.4 is 0 Å². The number of halogens is 1. The van der Waals surface area contributed by atoms with Gasteiger partial charge in [0.25, 0.3) is 0 Å². The van der Waals surface area contributed by atoms with Crippen molar-refractivity contribution in [2.45, 2.75) is 90.1 Å². The van der Waals surface area contributed by atoms with Crippen molar-refractivity contribution in [2.24, 2.45) is 40.4 Å². The van der Waals surface area contributed by atoms with E-state index in [1.807, 2.05) is 13.8 Å². The van der Waals surface area contributed by atoms with Crippen LogP contribution in [-0.4, -0.2) is 57.5 Å². The lowest BCUT2D eigenvalue weighted by Crippen LogP contribution is -2.64. The minimum absolute atomic E-state index is 0.0363. The first-order valence-corrected chi connectivity index (χ1v) is 15.2. The number of aliphatic hydroxyl groups excluding tert-OH is 2. The van der Waals surface area contributed by atoms with Gasteiger partial charge in [0.1, 0.15) is 23.6 Å². The lowest BCUT2D eigenvalue weighted by Gasteiger charge is -2.58. The molecule has 1 aromatic heterocycles. The third-order valence-electron chi connectivity index (χ3n) is 12.7. The number of hydrogen-bond donors (Lipinski definition) is 2. The molecule has 220 valence electrons. The van der Waals surface area contributed by atoms with Crippen molar-refractivity contribution in [1.82, 2.24) is 4.98 Å². The van der Waals surface area contributed by atoms with Crippen LogP contribution in [0, 0.1) is 46.2 Å². The number of carbonyl (C=O) groups is 2. The summed E-state index contributed by atoms with van der Waals surface area (Å²) in [6, 6.07) is 1.32. The maximum atomic E-state index is 14.4. The van der Waals surface area contributed by atoms with Gasteiger partial charge in [-0.15, -0.1) is 0 Å². The number of pyridine rings is 1. The second kappa shape index (κ2) is 9.04. The fourth-order valence-electron chi connectivity index (χ4n) is 10.6. The molecule has 3 heterocycles. The van der Waals surface area contributed by atoms with Crippen molar-refractivity contribution in [3.63, 3.8) is 0 Å². The highest BCUT2D eigenvalue weighted by Gasteiger charge is 2.81. The van der Waals surface area contributed by atoms with Crippen LogP contribution in [0.3, 0.4) is 0 Å². The number of aromatic nitrogens is 1. The number of hydrogen-bond acceptors (Lipinski definition) is 7. The zero-order valence-electron chi connectivity index (χ0n) is 24.2. The van der Waals surface area contributed by atoms with Crippen molar-refractivity contribution in [1.29, 1.82) is 0 Å². The molecule has 8 heteroatoms. The Morgan fingerprint density at radius 2 is 1.95 bits per heavy atom. The highest BCUT2D eigenvalue weighted by atomic mass is 19.1. The van der Waals surface area contributed by atoms with E-state index >= 15 is 0 Å². The predicted molar refractivity (Wildman–Crippen MR) is 147 cm³/mol.